The van der Waals surface area contributed by atoms with Crippen molar-refractivity contribution in [1.29, 1.82) is 0 Å². The molecule has 0 saturated heterocycles. The Hall–Kier alpha value is -1.26. The fourth-order valence-corrected chi connectivity index (χ4v) is 2.29. The highest BCUT2D eigenvalue weighted by molar-refractivity contribution is 6.30. The summed E-state index contributed by atoms with van der Waals surface area (Å²) in [6.07, 6.45) is 0. The van der Waals surface area contributed by atoms with Gasteiger partial charge in [-0.25, -0.2) is 0 Å². The Balaban J connectivity index is 1.98. The Labute approximate surface area is 141 Å². The van der Waals surface area contributed by atoms with Crippen LogP contribution in [0.25, 0.3) is 0 Å². The van der Waals surface area contributed by atoms with Crippen LogP contribution in [0.15, 0.2) is 42.5 Å². The summed E-state index contributed by atoms with van der Waals surface area (Å²) in [6, 6.07) is 13.3. The third-order valence-corrected chi connectivity index (χ3v) is 3.62. The molecule has 0 unspecified atom stereocenters. The van der Waals surface area contributed by atoms with Crippen molar-refractivity contribution in [3.8, 4) is 5.75 Å². The number of nitrogens with one attached hydrogen (secondary N) is 1. The molecule has 2 aromatic carbocycles. The first-order valence-electron chi connectivity index (χ1n) is 7.04. The summed E-state index contributed by atoms with van der Waals surface area (Å²) in [5.41, 5.74) is 2.09. The summed E-state index contributed by atoms with van der Waals surface area (Å²) in [4.78, 5) is 0. The molecule has 0 bridgehead atoms. The van der Waals surface area contributed by atoms with Crippen LogP contribution in [0, 0.1) is 0 Å². The highest BCUT2D eigenvalue weighted by Crippen LogP contribution is 2.24. The van der Waals surface area contributed by atoms with Gasteiger partial charge in [-0.1, -0.05) is 35.3 Å². The zero-order valence-corrected chi connectivity index (χ0v) is 14.0. The molecule has 2 aromatic rings. The predicted molar refractivity (Wildman–Crippen MR) is 90.8 cm³/mol. The molecule has 0 aliphatic rings. The SMILES string of the molecule is COCCNCc1cc(Cl)ccc1OCc1ccc(Cl)cc1. The third-order valence-electron chi connectivity index (χ3n) is 3.13. The van der Waals surface area contributed by atoms with E-state index < -0.39 is 0 Å². The average molecular weight is 340 g/mol. The molecular formula is C17H19Cl2NO2. The molecule has 0 aliphatic carbocycles. The van der Waals surface area contributed by atoms with Crippen molar-refractivity contribution < 1.29 is 9.47 Å². The molecule has 0 heterocycles. The van der Waals surface area contributed by atoms with Gasteiger partial charge in [0.25, 0.3) is 0 Å². The maximum atomic E-state index is 6.07. The molecule has 118 valence electrons. The van der Waals surface area contributed by atoms with Gasteiger partial charge in [-0.05, 0) is 35.9 Å². The topological polar surface area (TPSA) is 30.5 Å². The predicted octanol–water partition coefficient (Wildman–Crippen LogP) is 4.31. The van der Waals surface area contributed by atoms with Crippen molar-refractivity contribution in [2.24, 2.45) is 0 Å². The first-order chi connectivity index (χ1) is 10.7. The van der Waals surface area contributed by atoms with Crippen molar-refractivity contribution in [1.82, 2.24) is 5.32 Å². The van der Waals surface area contributed by atoms with E-state index in [1.165, 1.54) is 0 Å². The monoisotopic (exact) mass is 339 g/mol. The number of hydrogen-bond acceptors (Lipinski definition) is 3. The highest BCUT2D eigenvalue weighted by atomic mass is 35.5. The van der Waals surface area contributed by atoms with Gasteiger partial charge in [-0.15, -0.1) is 0 Å². The van der Waals surface area contributed by atoms with E-state index in [4.69, 9.17) is 32.7 Å². The van der Waals surface area contributed by atoms with Gasteiger partial charge in [0.1, 0.15) is 12.4 Å². The molecule has 0 aliphatic heterocycles. The van der Waals surface area contributed by atoms with Gasteiger partial charge >= 0.3 is 0 Å². The summed E-state index contributed by atoms with van der Waals surface area (Å²) >= 11 is 11.9. The average Bonchev–Trinajstić information content (AvgIpc) is 2.52. The van der Waals surface area contributed by atoms with Gasteiger partial charge in [0.05, 0.1) is 6.61 Å². The summed E-state index contributed by atoms with van der Waals surface area (Å²) < 4.78 is 10.9. The van der Waals surface area contributed by atoms with Crippen molar-refractivity contribution in [3.63, 3.8) is 0 Å². The third kappa shape index (κ3) is 5.50. The van der Waals surface area contributed by atoms with E-state index in [2.05, 4.69) is 5.32 Å². The maximum Gasteiger partial charge on any atom is 0.124 e. The largest absolute Gasteiger partial charge is 0.489 e. The van der Waals surface area contributed by atoms with Gasteiger partial charge in [-0.2, -0.15) is 0 Å². The fourth-order valence-electron chi connectivity index (χ4n) is 1.97. The normalized spacial score (nSPS) is 10.7. The lowest BCUT2D eigenvalue weighted by Crippen LogP contribution is -2.19. The van der Waals surface area contributed by atoms with Crippen LogP contribution in [0.5, 0.6) is 5.75 Å². The Morgan fingerprint density at radius 3 is 2.45 bits per heavy atom. The van der Waals surface area contributed by atoms with Gasteiger partial charge in [0.2, 0.25) is 0 Å². The van der Waals surface area contributed by atoms with Crippen LogP contribution in [0.1, 0.15) is 11.1 Å². The number of halogens is 2. The molecule has 1 N–H and O–H groups in total. The van der Waals surface area contributed by atoms with Crippen LogP contribution in [0.2, 0.25) is 10.0 Å². The molecule has 2 rings (SSSR count). The Kier molecular flexibility index (Phi) is 7.00. The fraction of sp³-hybridized carbons (Fsp3) is 0.294. The lowest BCUT2D eigenvalue weighted by molar-refractivity contribution is 0.199. The molecule has 22 heavy (non-hydrogen) atoms. The van der Waals surface area contributed by atoms with E-state index in [0.29, 0.717) is 24.8 Å². The Bertz CT molecular complexity index is 588. The van der Waals surface area contributed by atoms with Crippen molar-refractivity contribution in [3.05, 3.63) is 63.6 Å². The molecule has 0 spiro atoms. The summed E-state index contributed by atoms with van der Waals surface area (Å²) in [5, 5.41) is 4.71. The van der Waals surface area contributed by atoms with Gasteiger partial charge in [-0.3, -0.25) is 0 Å². The van der Waals surface area contributed by atoms with E-state index in [9.17, 15) is 0 Å². The van der Waals surface area contributed by atoms with Crippen LogP contribution >= 0.6 is 23.2 Å². The second kappa shape index (κ2) is 9.01. The Morgan fingerprint density at radius 1 is 1.00 bits per heavy atom. The minimum absolute atomic E-state index is 0.490. The lowest BCUT2D eigenvalue weighted by atomic mass is 10.2. The van der Waals surface area contributed by atoms with E-state index in [1.807, 2.05) is 42.5 Å². The molecule has 0 amide bonds. The zero-order valence-electron chi connectivity index (χ0n) is 12.4. The van der Waals surface area contributed by atoms with Gasteiger partial charge in [0.15, 0.2) is 0 Å². The molecule has 0 saturated carbocycles. The first-order valence-corrected chi connectivity index (χ1v) is 7.80. The van der Waals surface area contributed by atoms with Crippen molar-refractivity contribution in [2.75, 3.05) is 20.3 Å². The number of methoxy groups -OCH3 is 1. The molecule has 0 fully saturated rings. The molecule has 5 heteroatoms. The summed E-state index contributed by atoms with van der Waals surface area (Å²) in [6.45, 7) is 2.62. The number of benzene rings is 2. The summed E-state index contributed by atoms with van der Waals surface area (Å²) in [5.74, 6) is 0.823. The molecule has 0 atom stereocenters. The van der Waals surface area contributed by atoms with Crippen LogP contribution in [-0.4, -0.2) is 20.3 Å². The van der Waals surface area contributed by atoms with E-state index >= 15 is 0 Å². The molecular weight excluding hydrogens is 321 g/mol. The quantitative estimate of drug-likeness (QED) is 0.727. The molecule has 0 aromatic heterocycles. The molecule has 0 radical (unpaired) electrons. The minimum atomic E-state index is 0.490. The van der Waals surface area contributed by atoms with Crippen LogP contribution < -0.4 is 10.1 Å². The van der Waals surface area contributed by atoms with Gasteiger partial charge in [0, 0.05) is 35.8 Å². The number of rotatable bonds is 8. The highest BCUT2D eigenvalue weighted by Gasteiger charge is 2.05. The Morgan fingerprint density at radius 2 is 1.73 bits per heavy atom. The molecule has 3 nitrogen and oxygen atoms in total. The van der Waals surface area contributed by atoms with E-state index in [-0.39, 0.29) is 0 Å². The van der Waals surface area contributed by atoms with Crippen LogP contribution in [-0.2, 0) is 17.9 Å². The smallest absolute Gasteiger partial charge is 0.124 e. The summed E-state index contributed by atoms with van der Waals surface area (Å²) in [7, 11) is 1.68. The zero-order chi connectivity index (χ0) is 15.8. The van der Waals surface area contributed by atoms with Gasteiger partial charge < -0.3 is 14.8 Å². The maximum absolute atomic E-state index is 6.07. The van der Waals surface area contributed by atoms with E-state index in [0.717, 1.165) is 28.4 Å². The number of hydrogen-bond donors (Lipinski definition) is 1. The first kappa shape index (κ1) is 17.1. The van der Waals surface area contributed by atoms with E-state index in [1.54, 1.807) is 7.11 Å². The number of ether oxygens (including phenoxy) is 2. The second-order valence-electron chi connectivity index (χ2n) is 4.84. The minimum Gasteiger partial charge on any atom is -0.489 e. The van der Waals surface area contributed by atoms with Crippen LogP contribution in [0.4, 0.5) is 0 Å². The lowest BCUT2D eigenvalue weighted by Gasteiger charge is -2.13. The second-order valence-corrected chi connectivity index (χ2v) is 5.71. The van der Waals surface area contributed by atoms with Crippen molar-refractivity contribution in [2.45, 2.75) is 13.2 Å². The van der Waals surface area contributed by atoms with Crippen molar-refractivity contribution >= 4 is 23.2 Å². The van der Waals surface area contributed by atoms with Crippen LogP contribution in [0.3, 0.4) is 0 Å². The standard InChI is InChI=1S/C17H19Cl2NO2/c1-21-9-8-20-11-14-10-16(19)6-7-17(14)22-12-13-2-4-15(18)5-3-13/h2-7,10,20H,8-9,11-12H2,1H3.